The van der Waals surface area contributed by atoms with Crippen molar-refractivity contribution in [2.75, 3.05) is 14.2 Å². The van der Waals surface area contributed by atoms with Crippen LogP contribution in [0, 0.1) is 5.82 Å². The average Bonchev–Trinajstić information content (AvgIpc) is 2.18. The first-order chi connectivity index (χ1) is 6.22. The molecule has 0 spiro atoms. The Kier molecular flexibility index (Phi) is 3.37. The Morgan fingerprint density at radius 3 is 2.00 bits per heavy atom. The standard InChI is InChI=1S/C9H10ClFO2/c1-12-7-3-6(5-10)4-8(13-2)9(7)11/h3-4H,5H2,1-2H3. The zero-order valence-corrected chi connectivity index (χ0v) is 8.19. The minimum atomic E-state index is -0.501. The summed E-state index contributed by atoms with van der Waals surface area (Å²) in [6.45, 7) is 0. The summed E-state index contributed by atoms with van der Waals surface area (Å²) in [7, 11) is 2.80. The van der Waals surface area contributed by atoms with E-state index in [1.54, 1.807) is 12.1 Å². The van der Waals surface area contributed by atoms with Crippen molar-refractivity contribution in [1.29, 1.82) is 0 Å². The van der Waals surface area contributed by atoms with Gasteiger partial charge >= 0.3 is 0 Å². The van der Waals surface area contributed by atoms with Crippen molar-refractivity contribution in [2.24, 2.45) is 0 Å². The third kappa shape index (κ3) is 2.04. The van der Waals surface area contributed by atoms with Crippen LogP contribution < -0.4 is 9.47 Å². The number of ether oxygens (including phenoxy) is 2. The number of benzene rings is 1. The number of rotatable bonds is 3. The van der Waals surface area contributed by atoms with E-state index in [1.807, 2.05) is 0 Å². The van der Waals surface area contributed by atoms with E-state index in [4.69, 9.17) is 21.1 Å². The molecule has 0 saturated carbocycles. The lowest BCUT2D eigenvalue weighted by Crippen LogP contribution is -1.95. The fourth-order valence-electron chi connectivity index (χ4n) is 1.00. The zero-order valence-electron chi connectivity index (χ0n) is 7.43. The summed E-state index contributed by atoms with van der Waals surface area (Å²) in [4.78, 5) is 0. The second-order valence-corrected chi connectivity index (χ2v) is 2.72. The Labute approximate surface area is 81.2 Å². The van der Waals surface area contributed by atoms with Crippen molar-refractivity contribution in [3.05, 3.63) is 23.5 Å². The summed E-state index contributed by atoms with van der Waals surface area (Å²) in [6.07, 6.45) is 0. The number of methoxy groups -OCH3 is 2. The first-order valence-electron chi connectivity index (χ1n) is 3.69. The van der Waals surface area contributed by atoms with Crippen molar-refractivity contribution in [1.82, 2.24) is 0 Å². The van der Waals surface area contributed by atoms with E-state index in [0.717, 1.165) is 5.56 Å². The number of halogens is 2. The molecular weight excluding hydrogens is 195 g/mol. The fourth-order valence-corrected chi connectivity index (χ4v) is 1.16. The minimum absolute atomic E-state index is 0.148. The van der Waals surface area contributed by atoms with Crippen molar-refractivity contribution < 1.29 is 13.9 Å². The molecule has 0 aliphatic carbocycles. The van der Waals surface area contributed by atoms with Gasteiger partial charge in [0.2, 0.25) is 5.82 Å². The van der Waals surface area contributed by atoms with Crippen LogP contribution in [0.25, 0.3) is 0 Å². The molecule has 0 N–H and O–H groups in total. The minimum Gasteiger partial charge on any atom is -0.494 e. The summed E-state index contributed by atoms with van der Waals surface area (Å²) < 4.78 is 22.9. The van der Waals surface area contributed by atoms with E-state index < -0.39 is 5.82 Å². The molecule has 0 aliphatic heterocycles. The van der Waals surface area contributed by atoms with Crippen LogP contribution in [0.1, 0.15) is 5.56 Å². The van der Waals surface area contributed by atoms with Gasteiger partial charge in [0.25, 0.3) is 0 Å². The van der Waals surface area contributed by atoms with Gasteiger partial charge in [-0.1, -0.05) is 0 Å². The average molecular weight is 205 g/mol. The molecule has 1 aromatic rings. The second kappa shape index (κ2) is 4.33. The maximum atomic E-state index is 13.3. The van der Waals surface area contributed by atoms with Gasteiger partial charge < -0.3 is 9.47 Å². The largest absolute Gasteiger partial charge is 0.494 e. The van der Waals surface area contributed by atoms with E-state index >= 15 is 0 Å². The normalized spacial score (nSPS) is 9.85. The van der Waals surface area contributed by atoms with Crippen molar-refractivity contribution in [3.63, 3.8) is 0 Å². The number of hydrogen-bond donors (Lipinski definition) is 0. The SMILES string of the molecule is COc1cc(CCl)cc(OC)c1F. The highest BCUT2D eigenvalue weighted by Gasteiger charge is 2.10. The van der Waals surface area contributed by atoms with E-state index in [2.05, 4.69) is 0 Å². The van der Waals surface area contributed by atoms with Crippen molar-refractivity contribution in [2.45, 2.75) is 5.88 Å². The van der Waals surface area contributed by atoms with Gasteiger partial charge in [0, 0.05) is 5.88 Å². The molecule has 0 fully saturated rings. The topological polar surface area (TPSA) is 18.5 Å². The molecule has 0 aromatic heterocycles. The lowest BCUT2D eigenvalue weighted by Gasteiger charge is -2.08. The molecule has 0 atom stereocenters. The second-order valence-electron chi connectivity index (χ2n) is 2.45. The molecule has 13 heavy (non-hydrogen) atoms. The lowest BCUT2D eigenvalue weighted by atomic mass is 10.2. The van der Waals surface area contributed by atoms with Gasteiger partial charge in [0.05, 0.1) is 14.2 Å². The van der Waals surface area contributed by atoms with E-state index in [-0.39, 0.29) is 11.5 Å². The van der Waals surface area contributed by atoms with Crippen LogP contribution >= 0.6 is 11.6 Å². The van der Waals surface area contributed by atoms with Crippen LogP contribution in [0.2, 0.25) is 0 Å². The van der Waals surface area contributed by atoms with Crippen molar-refractivity contribution in [3.8, 4) is 11.5 Å². The van der Waals surface area contributed by atoms with Gasteiger partial charge in [-0.05, 0) is 17.7 Å². The number of hydrogen-bond acceptors (Lipinski definition) is 2. The highest BCUT2D eigenvalue weighted by Crippen LogP contribution is 2.28. The van der Waals surface area contributed by atoms with Crippen LogP contribution in [-0.4, -0.2) is 14.2 Å². The molecule has 1 aromatic carbocycles. The van der Waals surface area contributed by atoms with E-state index in [9.17, 15) is 4.39 Å². The van der Waals surface area contributed by atoms with Gasteiger partial charge in [-0.3, -0.25) is 0 Å². The maximum absolute atomic E-state index is 13.3. The van der Waals surface area contributed by atoms with Gasteiger partial charge in [0.1, 0.15) is 0 Å². The monoisotopic (exact) mass is 204 g/mol. The summed E-state index contributed by atoms with van der Waals surface area (Å²) >= 11 is 5.60. The Morgan fingerprint density at radius 2 is 1.69 bits per heavy atom. The van der Waals surface area contributed by atoms with E-state index in [0.29, 0.717) is 5.88 Å². The molecule has 0 bridgehead atoms. The molecule has 0 amide bonds. The summed E-state index contributed by atoms with van der Waals surface area (Å²) in [5.74, 6) is 0.0939. The number of alkyl halides is 1. The molecule has 0 saturated heterocycles. The molecule has 4 heteroatoms. The van der Waals surface area contributed by atoms with E-state index in [1.165, 1.54) is 14.2 Å². The quantitative estimate of drug-likeness (QED) is 0.705. The first kappa shape index (κ1) is 10.1. The fraction of sp³-hybridized carbons (Fsp3) is 0.333. The molecule has 2 nitrogen and oxygen atoms in total. The van der Waals surface area contributed by atoms with Gasteiger partial charge in [-0.25, -0.2) is 0 Å². The molecule has 72 valence electrons. The molecule has 0 unspecified atom stereocenters. The molecule has 0 aliphatic rings. The van der Waals surface area contributed by atoms with Gasteiger partial charge in [-0.15, -0.1) is 11.6 Å². The third-order valence-corrected chi connectivity index (χ3v) is 1.97. The Bertz CT molecular complexity index is 277. The van der Waals surface area contributed by atoms with Crippen molar-refractivity contribution >= 4 is 11.6 Å². The summed E-state index contributed by atoms with van der Waals surface area (Å²) in [6, 6.07) is 3.09. The Morgan fingerprint density at radius 1 is 1.23 bits per heavy atom. The van der Waals surface area contributed by atoms with Crippen LogP contribution in [0.4, 0.5) is 4.39 Å². The van der Waals surface area contributed by atoms with Crippen LogP contribution in [0.5, 0.6) is 11.5 Å². The third-order valence-electron chi connectivity index (χ3n) is 1.66. The Hall–Kier alpha value is -0.960. The summed E-state index contributed by atoms with van der Waals surface area (Å²) in [5, 5.41) is 0. The highest BCUT2D eigenvalue weighted by molar-refractivity contribution is 6.17. The lowest BCUT2D eigenvalue weighted by molar-refractivity contribution is 0.350. The first-order valence-corrected chi connectivity index (χ1v) is 4.22. The predicted molar refractivity (Wildman–Crippen MR) is 49.1 cm³/mol. The van der Waals surface area contributed by atoms with Crippen LogP contribution in [0.15, 0.2) is 12.1 Å². The zero-order chi connectivity index (χ0) is 9.84. The highest BCUT2D eigenvalue weighted by atomic mass is 35.5. The van der Waals surface area contributed by atoms with Gasteiger partial charge in [0.15, 0.2) is 11.5 Å². The molecule has 0 radical (unpaired) electrons. The van der Waals surface area contributed by atoms with Crippen LogP contribution in [0.3, 0.4) is 0 Å². The predicted octanol–water partition coefficient (Wildman–Crippen LogP) is 2.58. The maximum Gasteiger partial charge on any atom is 0.206 e. The van der Waals surface area contributed by atoms with Crippen LogP contribution in [-0.2, 0) is 5.88 Å². The molecule has 1 rings (SSSR count). The Balaban J connectivity index is 3.20. The summed E-state index contributed by atoms with van der Waals surface area (Å²) in [5.41, 5.74) is 0.761. The smallest absolute Gasteiger partial charge is 0.206 e. The molecular formula is C9H10ClFO2. The molecule has 0 heterocycles. The van der Waals surface area contributed by atoms with Gasteiger partial charge in [-0.2, -0.15) is 4.39 Å².